The van der Waals surface area contributed by atoms with E-state index in [9.17, 15) is 14.4 Å². The zero-order valence-electron chi connectivity index (χ0n) is 15.8. The molecule has 0 fully saturated rings. The van der Waals surface area contributed by atoms with Crippen LogP contribution < -0.4 is 11.2 Å². The van der Waals surface area contributed by atoms with Crippen LogP contribution in [0.3, 0.4) is 0 Å². The number of aromatic nitrogens is 4. The highest BCUT2D eigenvalue weighted by Crippen LogP contribution is 2.18. The molecule has 0 N–H and O–H groups in total. The van der Waals surface area contributed by atoms with Gasteiger partial charge in [-0.2, -0.15) is 0 Å². The summed E-state index contributed by atoms with van der Waals surface area (Å²) < 4.78 is 9.06. The Bertz CT molecular complexity index is 1110. The van der Waals surface area contributed by atoms with E-state index >= 15 is 0 Å². The minimum Gasteiger partial charge on any atom is -0.464 e. The number of aryl methyl sites for hydroxylation is 1. The van der Waals surface area contributed by atoms with E-state index in [4.69, 9.17) is 4.74 Å². The van der Waals surface area contributed by atoms with Crippen LogP contribution in [0.1, 0.15) is 32.4 Å². The fourth-order valence-electron chi connectivity index (χ4n) is 3.02. The van der Waals surface area contributed by atoms with Crippen molar-refractivity contribution < 1.29 is 9.53 Å². The summed E-state index contributed by atoms with van der Waals surface area (Å²) in [5.74, 6) is -0.465. The summed E-state index contributed by atoms with van der Waals surface area (Å²) in [6.07, 6.45) is 1.40. The third kappa shape index (κ3) is 3.07. The number of nitrogens with zero attached hydrogens (tertiary/aromatic N) is 4. The maximum Gasteiger partial charge on any atom is 0.337 e. The minimum atomic E-state index is -0.739. The second-order valence-electron chi connectivity index (χ2n) is 6.26. The van der Waals surface area contributed by atoms with Crippen molar-refractivity contribution in [2.75, 3.05) is 6.61 Å². The number of fused-ring (bicyclic) bond motifs is 1. The zero-order valence-corrected chi connectivity index (χ0v) is 15.8. The van der Waals surface area contributed by atoms with Crippen molar-refractivity contribution in [1.82, 2.24) is 18.7 Å². The molecule has 0 saturated carbocycles. The third-order valence-corrected chi connectivity index (χ3v) is 4.51. The van der Waals surface area contributed by atoms with Gasteiger partial charge in [0, 0.05) is 6.54 Å². The Morgan fingerprint density at radius 3 is 2.44 bits per heavy atom. The number of hydrogen-bond donors (Lipinski definition) is 0. The Kier molecular flexibility index (Phi) is 4.98. The predicted molar refractivity (Wildman–Crippen MR) is 101 cm³/mol. The summed E-state index contributed by atoms with van der Waals surface area (Å²) in [4.78, 5) is 42.3. The van der Waals surface area contributed by atoms with Crippen LogP contribution in [-0.4, -0.2) is 31.3 Å². The van der Waals surface area contributed by atoms with Gasteiger partial charge >= 0.3 is 11.7 Å². The molecule has 2 aromatic heterocycles. The smallest absolute Gasteiger partial charge is 0.337 e. The van der Waals surface area contributed by atoms with Gasteiger partial charge in [0.05, 0.1) is 18.6 Å². The highest BCUT2D eigenvalue weighted by atomic mass is 16.5. The average molecular weight is 370 g/mol. The van der Waals surface area contributed by atoms with E-state index < -0.39 is 23.3 Å². The Labute approximate surface area is 155 Å². The largest absolute Gasteiger partial charge is 0.464 e. The van der Waals surface area contributed by atoms with Gasteiger partial charge in [-0.05, 0) is 39.8 Å². The van der Waals surface area contributed by atoms with Gasteiger partial charge in [-0.1, -0.05) is 17.7 Å². The van der Waals surface area contributed by atoms with Gasteiger partial charge in [-0.25, -0.2) is 19.1 Å². The van der Waals surface area contributed by atoms with Gasteiger partial charge in [0.15, 0.2) is 11.2 Å². The molecule has 0 radical (unpaired) electrons. The number of hydrogen-bond acceptors (Lipinski definition) is 5. The summed E-state index contributed by atoms with van der Waals surface area (Å²) in [6, 6.07) is 6.63. The highest BCUT2D eigenvalue weighted by Gasteiger charge is 2.24. The van der Waals surface area contributed by atoms with E-state index in [-0.39, 0.29) is 24.3 Å². The van der Waals surface area contributed by atoms with E-state index in [1.165, 1.54) is 15.5 Å². The van der Waals surface area contributed by atoms with Crippen LogP contribution in [0.2, 0.25) is 0 Å². The van der Waals surface area contributed by atoms with Crippen molar-refractivity contribution in [3.05, 3.63) is 57.0 Å². The van der Waals surface area contributed by atoms with E-state index in [1.54, 1.807) is 32.9 Å². The monoisotopic (exact) mass is 370 g/mol. The Morgan fingerprint density at radius 2 is 1.85 bits per heavy atom. The molecule has 0 aliphatic rings. The molecule has 2 heterocycles. The standard InChI is InChI=1S/C19H22N4O4/c1-5-21-17(24)15-16(20-11-22(15)13(4)18(25)27-6-2)23(19(21)26)14-9-7-12(3)8-10-14/h7-11,13H,5-6H2,1-4H3. The molecule has 3 rings (SSSR count). The minimum absolute atomic E-state index is 0.192. The molecular formula is C19H22N4O4. The predicted octanol–water partition coefficient (Wildman–Crippen LogP) is 1.80. The van der Waals surface area contributed by atoms with Gasteiger partial charge in [0.25, 0.3) is 5.56 Å². The van der Waals surface area contributed by atoms with E-state index in [2.05, 4.69) is 4.98 Å². The van der Waals surface area contributed by atoms with Crippen molar-refractivity contribution >= 4 is 17.1 Å². The SMILES string of the molecule is CCOC(=O)C(C)n1cnc2c1c(=O)n(CC)c(=O)n2-c1ccc(C)cc1. The summed E-state index contributed by atoms with van der Waals surface area (Å²) in [6.45, 7) is 7.47. The molecule has 0 saturated heterocycles. The van der Waals surface area contributed by atoms with Crippen LogP contribution in [0.5, 0.6) is 0 Å². The van der Waals surface area contributed by atoms with E-state index in [0.29, 0.717) is 5.69 Å². The second kappa shape index (κ2) is 7.22. The molecule has 27 heavy (non-hydrogen) atoms. The van der Waals surface area contributed by atoms with Crippen LogP contribution in [-0.2, 0) is 16.1 Å². The molecule has 8 nitrogen and oxygen atoms in total. The lowest BCUT2D eigenvalue weighted by molar-refractivity contribution is -0.146. The van der Waals surface area contributed by atoms with Crippen molar-refractivity contribution in [3.63, 3.8) is 0 Å². The van der Waals surface area contributed by atoms with Crippen molar-refractivity contribution in [1.29, 1.82) is 0 Å². The molecule has 8 heteroatoms. The fraction of sp³-hybridized carbons (Fsp3) is 0.368. The number of carbonyl (C=O) groups is 1. The van der Waals surface area contributed by atoms with Crippen LogP contribution in [0.4, 0.5) is 0 Å². The summed E-state index contributed by atoms with van der Waals surface area (Å²) in [5, 5.41) is 0. The number of ether oxygens (including phenoxy) is 1. The van der Waals surface area contributed by atoms with Crippen LogP contribution in [0.25, 0.3) is 16.9 Å². The third-order valence-electron chi connectivity index (χ3n) is 4.51. The van der Waals surface area contributed by atoms with Gasteiger partial charge in [0.2, 0.25) is 0 Å². The van der Waals surface area contributed by atoms with Gasteiger partial charge in [0.1, 0.15) is 6.04 Å². The summed E-state index contributed by atoms with van der Waals surface area (Å²) in [7, 11) is 0. The first-order valence-corrected chi connectivity index (χ1v) is 8.86. The molecule has 0 aliphatic carbocycles. The van der Waals surface area contributed by atoms with Crippen LogP contribution >= 0.6 is 0 Å². The zero-order chi connectivity index (χ0) is 19.7. The molecule has 1 aromatic carbocycles. The normalized spacial score (nSPS) is 12.3. The maximum absolute atomic E-state index is 12.9. The maximum atomic E-state index is 12.9. The second-order valence-corrected chi connectivity index (χ2v) is 6.26. The average Bonchev–Trinajstić information content (AvgIpc) is 3.08. The highest BCUT2D eigenvalue weighted by molar-refractivity contribution is 5.79. The molecular weight excluding hydrogens is 348 g/mol. The Hall–Kier alpha value is -3.16. The lowest BCUT2D eigenvalue weighted by atomic mass is 10.2. The first kappa shape index (κ1) is 18.6. The van der Waals surface area contributed by atoms with Crippen LogP contribution in [0, 0.1) is 6.92 Å². The molecule has 0 amide bonds. The molecule has 1 atom stereocenters. The van der Waals surface area contributed by atoms with Crippen molar-refractivity contribution in [2.24, 2.45) is 0 Å². The number of imidazole rings is 1. The molecule has 0 bridgehead atoms. The number of rotatable bonds is 5. The lowest BCUT2D eigenvalue weighted by Crippen LogP contribution is -2.40. The van der Waals surface area contributed by atoms with Crippen LogP contribution in [0.15, 0.2) is 40.2 Å². The topological polar surface area (TPSA) is 88.1 Å². The van der Waals surface area contributed by atoms with Crippen molar-refractivity contribution in [2.45, 2.75) is 40.3 Å². The quantitative estimate of drug-likeness (QED) is 0.639. The molecule has 142 valence electrons. The number of benzene rings is 1. The number of carbonyl (C=O) groups excluding carboxylic acids is 1. The van der Waals surface area contributed by atoms with E-state index in [1.807, 2.05) is 19.1 Å². The number of esters is 1. The fourth-order valence-corrected chi connectivity index (χ4v) is 3.02. The summed E-state index contributed by atoms with van der Waals surface area (Å²) in [5.41, 5.74) is 1.12. The van der Waals surface area contributed by atoms with E-state index in [0.717, 1.165) is 10.1 Å². The molecule has 1 unspecified atom stereocenters. The Balaban J connectivity index is 2.35. The Morgan fingerprint density at radius 1 is 1.19 bits per heavy atom. The van der Waals surface area contributed by atoms with Gasteiger partial charge in [-0.15, -0.1) is 0 Å². The summed E-state index contributed by atoms with van der Waals surface area (Å²) >= 11 is 0. The first-order chi connectivity index (χ1) is 12.9. The molecule has 0 spiro atoms. The molecule has 3 aromatic rings. The van der Waals surface area contributed by atoms with Gasteiger partial charge < -0.3 is 9.30 Å². The van der Waals surface area contributed by atoms with Crippen molar-refractivity contribution in [3.8, 4) is 5.69 Å². The lowest BCUT2D eigenvalue weighted by Gasteiger charge is -2.15. The molecule has 0 aliphatic heterocycles. The van der Waals surface area contributed by atoms with Gasteiger partial charge in [-0.3, -0.25) is 9.36 Å². The first-order valence-electron chi connectivity index (χ1n) is 8.86.